The average molecular weight is 672 g/mol. The first-order valence-electron chi connectivity index (χ1n) is 19.8. The molecule has 0 spiro atoms. The summed E-state index contributed by atoms with van der Waals surface area (Å²) in [5.41, 5.74) is 0. The Labute approximate surface area is 295 Å². The molecule has 0 radical (unpaired) electrons. The highest BCUT2D eigenvalue weighted by Crippen LogP contribution is 2.15. The van der Waals surface area contributed by atoms with Crippen LogP contribution in [0.3, 0.4) is 0 Å². The van der Waals surface area contributed by atoms with Crippen LogP contribution in [0.25, 0.3) is 0 Å². The van der Waals surface area contributed by atoms with Crippen LogP contribution in [0.5, 0.6) is 0 Å². The second-order valence-corrected chi connectivity index (χ2v) is 13.2. The number of carbonyl (C=O) groups excluding carboxylic acids is 2. The van der Waals surface area contributed by atoms with Crippen molar-refractivity contribution < 1.29 is 24.2 Å². The first-order chi connectivity index (χ1) is 23.5. The first-order valence-corrected chi connectivity index (χ1v) is 19.8. The third-order valence-electron chi connectivity index (χ3n) is 8.46. The number of amides is 1. The highest BCUT2D eigenvalue weighted by atomic mass is 16.5. The van der Waals surface area contributed by atoms with Crippen LogP contribution in [0.2, 0.25) is 0 Å². The molecule has 276 valence electrons. The number of hydrogen-bond donors (Lipinski definition) is 2. The van der Waals surface area contributed by atoms with Gasteiger partial charge in [-0.05, 0) is 76.7 Å². The summed E-state index contributed by atoms with van der Waals surface area (Å²) in [4.78, 5) is 34.7. The molecular formula is C42H73NO5. The lowest BCUT2D eigenvalue weighted by molar-refractivity contribution is -0.147. The summed E-state index contributed by atoms with van der Waals surface area (Å²) in [5.74, 6) is -1.35. The molecule has 0 aromatic carbocycles. The Kier molecular flexibility index (Phi) is 35.2. The molecule has 1 amide bonds. The number of hydrogen-bond acceptors (Lipinski definition) is 4. The minimum atomic E-state index is -1.03. The minimum absolute atomic E-state index is 0.0980. The molecule has 6 nitrogen and oxygen atoms in total. The van der Waals surface area contributed by atoms with Gasteiger partial charge in [-0.3, -0.25) is 14.4 Å². The van der Waals surface area contributed by atoms with Gasteiger partial charge in [0, 0.05) is 12.8 Å². The number of allylic oxidation sites excluding steroid dienone is 7. The molecule has 0 heterocycles. The molecule has 0 aromatic rings. The fourth-order valence-corrected chi connectivity index (χ4v) is 5.48. The van der Waals surface area contributed by atoms with E-state index in [1.165, 1.54) is 83.5 Å². The van der Waals surface area contributed by atoms with Gasteiger partial charge in [-0.1, -0.05) is 146 Å². The zero-order valence-corrected chi connectivity index (χ0v) is 31.1. The van der Waals surface area contributed by atoms with Crippen LogP contribution in [-0.4, -0.2) is 35.6 Å². The molecule has 0 aliphatic heterocycles. The van der Waals surface area contributed by atoms with Gasteiger partial charge in [-0.2, -0.15) is 0 Å². The van der Waals surface area contributed by atoms with E-state index in [-0.39, 0.29) is 24.5 Å². The van der Waals surface area contributed by atoms with Gasteiger partial charge in [0.15, 0.2) is 0 Å². The Hall–Kier alpha value is -2.63. The largest absolute Gasteiger partial charge is 0.480 e. The molecule has 48 heavy (non-hydrogen) atoms. The van der Waals surface area contributed by atoms with E-state index in [4.69, 9.17) is 9.84 Å². The van der Waals surface area contributed by atoms with Crippen LogP contribution in [0.4, 0.5) is 0 Å². The van der Waals surface area contributed by atoms with Crippen molar-refractivity contribution in [1.82, 2.24) is 5.32 Å². The second-order valence-electron chi connectivity index (χ2n) is 13.2. The summed E-state index contributed by atoms with van der Waals surface area (Å²) >= 11 is 0. The summed E-state index contributed by atoms with van der Waals surface area (Å²) < 4.78 is 5.82. The predicted octanol–water partition coefficient (Wildman–Crippen LogP) is 11.9. The van der Waals surface area contributed by atoms with Crippen LogP contribution >= 0.6 is 0 Å². The van der Waals surface area contributed by atoms with Crippen molar-refractivity contribution in [3.05, 3.63) is 48.6 Å². The van der Waals surface area contributed by atoms with Crippen molar-refractivity contribution in [2.24, 2.45) is 0 Å². The quantitative estimate of drug-likeness (QED) is 0.0397. The Morgan fingerprint density at radius 1 is 0.562 bits per heavy atom. The van der Waals surface area contributed by atoms with Gasteiger partial charge in [0.25, 0.3) is 0 Å². The molecule has 1 unspecified atom stereocenters. The van der Waals surface area contributed by atoms with Gasteiger partial charge < -0.3 is 15.2 Å². The predicted molar refractivity (Wildman–Crippen MR) is 203 cm³/mol. The number of rotatable bonds is 35. The van der Waals surface area contributed by atoms with Gasteiger partial charge >= 0.3 is 11.9 Å². The van der Waals surface area contributed by atoms with Crippen LogP contribution in [-0.2, 0) is 19.1 Å². The molecule has 0 aromatic heterocycles. The summed E-state index contributed by atoms with van der Waals surface area (Å²) in [5, 5.41) is 11.0. The van der Waals surface area contributed by atoms with E-state index in [1.807, 2.05) is 0 Å². The average Bonchev–Trinajstić information content (AvgIpc) is 3.07. The first kappa shape index (κ1) is 45.4. The number of carboxylic acid groups (broad SMARTS) is 1. The zero-order chi connectivity index (χ0) is 35.2. The number of aliphatic carboxylic acids is 1. The minimum Gasteiger partial charge on any atom is -0.480 e. The maximum Gasteiger partial charge on any atom is 0.322 e. The molecule has 0 fully saturated rings. The molecule has 1 atom stereocenters. The second kappa shape index (κ2) is 37.2. The Bertz CT molecular complexity index is 875. The lowest BCUT2D eigenvalue weighted by Crippen LogP contribution is -2.28. The molecule has 0 aliphatic carbocycles. The van der Waals surface area contributed by atoms with Crippen molar-refractivity contribution in [3.63, 3.8) is 0 Å². The van der Waals surface area contributed by atoms with Crippen molar-refractivity contribution >= 4 is 17.8 Å². The van der Waals surface area contributed by atoms with E-state index in [9.17, 15) is 14.4 Å². The van der Waals surface area contributed by atoms with E-state index in [0.717, 1.165) is 77.0 Å². The smallest absolute Gasteiger partial charge is 0.322 e. The molecular weight excluding hydrogens is 598 g/mol. The molecule has 0 bridgehead atoms. The van der Waals surface area contributed by atoms with Crippen LogP contribution in [0, 0.1) is 0 Å². The fraction of sp³-hybridized carbons (Fsp3) is 0.738. The van der Waals surface area contributed by atoms with Crippen molar-refractivity contribution in [2.45, 2.75) is 193 Å². The van der Waals surface area contributed by atoms with Crippen LogP contribution in [0.15, 0.2) is 48.6 Å². The van der Waals surface area contributed by atoms with Gasteiger partial charge in [0.05, 0.1) is 0 Å². The van der Waals surface area contributed by atoms with E-state index in [1.54, 1.807) is 0 Å². The number of carbonyl (C=O) groups is 3. The summed E-state index contributed by atoms with van der Waals surface area (Å²) in [6.07, 6.45) is 47.1. The van der Waals surface area contributed by atoms with E-state index in [0.29, 0.717) is 12.8 Å². The van der Waals surface area contributed by atoms with E-state index < -0.39 is 5.97 Å². The monoisotopic (exact) mass is 672 g/mol. The Balaban J connectivity index is 3.83. The van der Waals surface area contributed by atoms with Gasteiger partial charge in [-0.25, -0.2) is 0 Å². The number of esters is 1. The maximum absolute atomic E-state index is 12.5. The molecule has 0 saturated carbocycles. The molecule has 6 heteroatoms. The van der Waals surface area contributed by atoms with E-state index >= 15 is 0 Å². The topological polar surface area (TPSA) is 92.7 Å². The summed E-state index contributed by atoms with van der Waals surface area (Å²) in [7, 11) is 0. The lowest BCUT2D eigenvalue weighted by Gasteiger charge is -2.15. The fourth-order valence-electron chi connectivity index (χ4n) is 5.48. The maximum atomic E-state index is 12.5. The third-order valence-corrected chi connectivity index (χ3v) is 8.46. The van der Waals surface area contributed by atoms with Crippen LogP contribution in [0.1, 0.15) is 187 Å². The highest BCUT2D eigenvalue weighted by Gasteiger charge is 2.12. The molecule has 2 N–H and O–H groups in total. The standard InChI is InChI=1S/C42H73NO5/c1-3-5-7-9-10-11-12-13-14-15-16-17-18-19-20-21-22-23-24-25-26-27-33-37-42(47)48-39(34-30-8-6-4-2)35-31-28-29-32-36-40(44)43-38-41(45)46/h12-13,15-16,18-19,30,34,39H,3-11,14,17,20-29,31-33,35-38H2,1-2H3,(H,43,44)(H,45,46)/b13-12-,16-15-,19-18-,34-30-. The number of carboxylic acids is 1. The lowest BCUT2D eigenvalue weighted by atomic mass is 10.1. The third kappa shape index (κ3) is 36.2. The molecule has 0 rings (SSSR count). The number of unbranched alkanes of at least 4 members (excludes halogenated alkanes) is 18. The Morgan fingerprint density at radius 3 is 1.62 bits per heavy atom. The molecule has 0 saturated heterocycles. The SMILES string of the molecule is CCCC/C=C\C(CCCCCCC(=O)NCC(=O)O)OC(=O)CCCCCCCCCC/C=C\C/C=C\C/C=C\CCCCCCC. The highest BCUT2D eigenvalue weighted by molar-refractivity contribution is 5.80. The summed E-state index contributed by atoms with van der Waals surface area (Å²) in [6.45, 7) is 4.11. The zero-order valence-electron chi connectivity index (χ0n) is 31.1. The van der Waals surface area contributed by atoms with Crippen LogP contribution < -0.4 is 5.32 Å². The van der Waals surface area contributed by atoms with Crippen molar-refractivity contribution in [2.75, 3.05) is 6.54 Å². The normalized spacial score (nSPS) is 12.5. The van der Waals surface area contributed by atoms with Crippen molar-refractivity contribution in [3.8, 4) is 0 Å². The van der Waals surface area contributed by atoms with Gasteiger partial charge in [0.2, 0.25) is 5.91 Å². The van der Waals surface area contributed by atoms with Crippen molar-refractivity contribution in [1.29, 1.82) is 0 Å². The molecule has 0 aliphatic rings. The van der Waals surface area contributed by atoms with Gasteiger partial charge in [-0.15, -0.1) is 0 Å². The summed E-state index contributed by atoms with van der Waals surface area (Å²) in [6, 6.07) is 0. The Morgan fingerprint density at radius 2 is 1.04 bits per heavy atom. The number of nitrogens with one attached hydrogen (secondary N) is 1. The van der Waals surface area contributed by atoms with Gasteiger partial charge in [0.1, 0.15) is 12.6 Å². The number of ether oxygens (including phenoxy) is 1. The van der Waals surface area contributed by atoms with E-state index in [2.05, 4.69) is 67.8 Å².